The average molecular weight is 256 g/mol. The van der Waals surface area contributed by atoms with Gasteiger partial charge >= 0.3 is 5.97 Å². The molecule has 1 heterocycles. The molecule has 0 aliphatic heterocycles. The van der Waals surface area contributed by atoms with Crippen LogP contribution in [-0.2, 0) is 4.79 Å². The van der Waals surface area contributed by atoms with E-state index in [0.29, 0.717) is 11.8 Å². The van der Waals surface area contributed by atoms with Crippen LogP contribution in [0.15, 0.2) is 33.5 Å². The number of carbonyl (C=O) groups excluding carboxylic acids is 1. The fourth-order valence-electron chi connectivity index (χ4n) is 1.53. The molecule has 2 rings (SSSR count). The van der Waals surface area contributed by atoms with Crippen molar-refractivity contribution in [2.45, 2.75) is 6.42 Å². The summed E-state index contributed by atoms with van der Waals surface area (Å²) in [5.74, 6) is 3.64. The van der Waals surface area contributed by atoms with Gasteiger partial charge < -0.3 is 14.3 Å². The lowest BCUT2D eigenvalue weighted by atomic mass is 10.1. The van der Waals surface area contributed by atoms with E-state index in [2.05, 4.69) is 11.8 Å². The number of fused-ring (bicyclic) bond motifs is 1. The zero-order valence-corrected chi connectivity index (χ0v) is 9.67. The molecule has 0 aliphatic rings. The third-order valence-corrected chi connectivity index (χ3v) is 2.36. The van der Waals surface area contributed by atoms with E-state index in [1.165, 1.54) is 12.1 Å². The van der Waals surface area contributed by atoms with Crippen molar-refractivity contribution in [2.24, 2.45) is 0 Å². The summed E-state index contributed by atoms with van der Waals surface area (Å²) in [6.45, 7) is 0. The van der Waals surface area contributed by atoms with E-state index in [9.17, 15) is 14.4 Å². The van der Waals surface area contributed by atoms with Crippen molar-refractivity contribution >= 4 is 23.2 Å². The fourth-order valence-corrected chi connectivity index (χ4v) is 1.53. The van der Waals surface area contributed by atoms with Crippen LogP contribution in [0.5, 0.6) is 0 Å². The van der Waals surface area contributed by atoms with Gasteiger partial charge in [0.25, 0.3) is 0 Å². The number of carbonyl (C=O) groups is 2. The number of aldehydes is 1. The predicted octanol–water partition coefficient (Wildman–Crippen LogP) is 1.43. The normalized spacial score (nSPS) is 9.68. The van der Waals surface area contributed by atoms with Gasteiger partial charge in [-0.1, -0.05) is 11.8 Å². The van der Waals surface area contributed by atoms with Crippen LogP contribution in [-0.4, -0.2) is 17.4 Å². The van der Waals surface area contributed by atoms with Gasteiger partial charge in [-0.25, -0.2) is 4.79 Å². The van der Waals surface area contributed by atoms with Gasteiger partial charge in [-0.15, -0.1) is 0 Å². The minimum atomic E-state index is -1.30. The quantitative estimate of drug-likeness (QED) is 0.649. The number of rotatable bonds is 2. The van der Waals surface area contributed by atoms with Crippen LogP contribution in [0, 0.1) is 11.8 Å². The predicted molar refractivity (Wildman–Crippen MR) is 67.0 cm³/mol. The molecule has 5 heteroatoms. The van der Waals surface area contributed by atoms with E-state index < -0.39 is 17.2 Å². The minimum Gasteiger partial charge on any atom is -0.475 e. The standard InChI is InChI=1S/C14H8O5/c15-6-2-1-3-9-4-5-12-10(7-9)11(16)8-13(19-12)14(17)18/h4-8H,2H2,(H,17,18). The Morgan fingerprint density at radius 2 is 2.16 bits per heavy atom. The molecule has 1 N–H and O–H groups in total. The van der Waals surface area contributed by atoms with Crippen molar-refractivity contribution in [3.63, 3.8) is 0 Å². The van der Waals surface area contributed by atoms with Crippen LogP contribution in [0.2, 0.25) is 0 Å². The lowest BCUT2D eigenvalue weighted by molar-refractivity contribution is -0.107. The first-order valence-electron chi connectivity index (χ1n) is 5.35. The average Bonchev–Trinajstić information content (AvgIpc) is 2.39. The number of hydrogen-bond acceptors (Lipinski definition) is 4. The Hall–Kier alpha value is -2.87. The molecule has 0 radical (unpaired) electrons. The Bertz CT molecular complexity index is 774. The minimum absolute atomic E-state index is 0.116. The SMILES string of the molecule is O=CCC#Cc1ccc2oc(C(=O)O)cc(=O)c2c1. The lowest BCUT2D eigenvalue weighted by Gasteiger charge is -1.99. The van der Waals surface area contributed by atoms with Gasteiger partial charge in [-0.05, 0) is 18.2 Å². The molecule has 94 valence electrons. The molecular formula is C14H8O5. The molecule has 0 atom stereocenters. The zero-order valence-electron chi connectivity index (χ0n) is 9.67. The van der Waals surface area contributed by atoms with Crippen molar-refractivity contribution in [2.75, 3.05) is 0 Å². The maximum atomic E-state index is 11.8. The summed E-state index contributed by atoms with van der Waals surface area (Å²) in [5, 5.41) is 9.03. The molecule has 2 aromatic rings. The van der Waals surface area contributed by atoms with Crippen LogP contribution < -0.4 is 5.43 Å². The monoisotopic (exact) mass is 256 g/mol. The molecule has 0 amide bonds. The smallest absolute Gasteiger partial charge is 0.371 e. The highest BCUT2D eigenvalue weighted by atomic mass is 16.4. The lowest BCUT2D eigenvalue weighted by Crippen LogP contribution is -2.06. The number of carboxylic acid groups (broad SMARTS) is 1. The van der Waals surface area contributed by atoms with E-state index in [0.717, 1.165) is 6.07 Å². The number of benzene rings is 1. The molecule has 0 saturated heterocycles. The molecule has 5 nitrogen and oxygen atoms in total. The zero-order chi connectivity index (χ0) is 13.8. The van der Waals surface area contributed by atoms with Gasteiger partial charge in [0.05, 0.1) is 11.8 Å². The molecule has 0 spiro atoms. The highest BCUT2D eigenvalue weighted by Crippen LogP contribution is 2.14. The summed E-state index contributed by atoms with van der Waals surface area (Å²) in [5.41, 5.74) is 0.299. The van der Waals surface area contributed by atoms with Gasteiger partial charge in [0.2, 0.25) is 5.76 Å². The highest BCUT2D eigenvalue weighted by molar-refractivity contribution is 5.87. The molecule has 19 heavy (non-hydrogen) atoms. The van der Waals surface area contributed by atoms with Crippen LogP contribution in [0.1, 0.15) is 22.5 Å². The largest absolute Gasteiger partial charge is 0.475 e. The van der Waals surface area contributed by atoms with Crippen LogP contribution in [0.3, 0.4) is 0 Å². The van der Waals surface area contributed by atoms with Crippen LogP contribution in [0.4, 0.5) is 0 Å². The molecule has 1 aromatic heterocycles. The summed E-state index contributed by atoms with van der Waals surface area (Å²) in [6.07, 6.45) is 0.798. The van der Waals surface area contributed by atoms with Crippen molar-refractivity contribution in [1.82, 2.24) is 0 Å². The first kappa shape index (κ1) is 12.6. The van der Waals surface area contributed by atoms with Crippen molar-refractivity contribution in [3.8, 4) is 11.8 Å². The van der Waals surface area contributed by atoms with Crippen molar-refractivity contribution < 1.29 is 19.1 Å². The highest BCUT2D eigenvalue weighted by Gasteiger charge is 2.10. The Morgan fingerprint density at radius 3 is 2.84 bits per heavy atom. The molecular weight excluding hydrogens is 248 g/mol. The fraction of sp³-hybridized carbons (Fsp3) is 0.0714. The van der Waals surface area contributed by atoms with Gasteiger partial charge in [-0.2, -0.15) is 0 Å². The summed E-state index contributed by atoms with van der Waals surface area (Å²) < 4.78 is 5.08. The first-order valence-corrected chi connectivity index (χ1v) is 5.35. The number of carboxylic acids is 1. The topological polar surface area (TPSA) is 84.6 Å². The van der Waals surface area contributed by atoms with Crippen LogP contribution in [0.25, 0.3) is 11.0 Å². The third kappa shape index (κ3) is 2.69. The number of aromatic carboxylic acids is 1. The van der Waals surface area contributed by atoms with Crippen molar-refractivity contribution in [1.29, 1.82) is 0 Å². The molecule has 0 aliphatic carbocycles. The molecule has 0 fully saturated rings. The Morgan fingerprint density at radius 1 is 1.37 bits per heavy atom. The second-order valence-corrected chi connectivity index (χ2v) is 3.66. The van der Waals surface area contributed by atoms with E-state index in [4.69, 9.17) is 9.52 Å². The number of hydrogen-bond donors (Lipinski definition) is 1. The Balaban J connectivity index is 2.56. The summed E-state index contributed by atoms with van der Waals surface area (Å²) in [4.78, 5) is 32.6. The molecule has 0 unspecified atom stereocenters. The van der Waals surface area contributed by atoms with Gasteiger partial charge in [-0.3, -0.25) is 4.79 Å². The summed E-state index contributed by atoms with van der Waals surface area (Å²) in [6, 6.07) is 5.50. The second-order valence-electron chi connectivity index (χ2n) is 3.66. The Labute approximate surface area is 107 Å². The third-order valence-electron chi connectivity index (χ3n) is 2.36. The molecule has 1 aromatic carbocycles. The van der Waals surface area contributed by atoms with Gasteiger partial charge in [0, 0.05) is 11.6 Å². The van der Waals surface area contributed by atoms with Crippen molar-refractivity contribution in [3.05, 3.63) is 45.8 Å². The summed E-state index contributed by atoms with van der Waals surface area (Å²) >= 11 is 0. The van der Waals surface area contributed by atoms with E-state index in [1.807, 2.05) is 0 Å². The second kappa shape index (κ2) is 5.19. The van der Waals surface area contributed by atoms with E-state index in [-0.39, 0.29) is 17.4 Å². The maximum Gasteiger partial charge on any atom is 0.371 e. The van der Waals surface area contributed by atoms with E-state index >= 15 is 0 Å². The van der Waals surface area contributed by atoms with Crippen LogP contribution >= 0.6 is 0 Å². The Kier molecular flexibility index (Phi) is 3.44. The summed E-state index contributed by atoms with van der Waals surface area (Å²) in [7, 11) is 0. The first-order chi connectivity index (χ1) is 9.11. The molecule has 0 saturated carbocycles. The van der Waals surface area contributed by atoms with Gasteiger partial charge in [0.1, 0.15) is 11.9 Å². The maximum absolute atomic E-state index is 11.8. The van der Waals surface area contributed by atoms with Gasteiger partial charge in [0.15, 0.2) is 5.43 Å². The molecule has 0 bridgehead atoms. The van der Waals surface area contributed by atoms with E-state index in [1.54, 1.807) is 6.07 Å².